The molecule has 0 spiro atoms. The number of aromatic amines is 1. The Morgan fingerprint density at radius 1 is 0.500 bits per heavy atom. The molecule has 234 valence electrons. The van der Waals surface area contributed by atoms with Gasteiger partial charge in [-0.25, -0.2) is 29.9 Å². The van der Waals surface area contributed by atoms with Crippen LogP contribution >= 0.6 is 0 Å². The third-order valence-corrected chi connectivity index (χ3v) is 9.47. The van der Waals surface area contributed by atoms with E-state index < -0.39 is 42.1 Å². The molecule has 0 radical (unpaired) electrons. The van der Waals surface area contributed by atoms with Crippen molar-refractivity contribution in [3.05, 3.63) is 91.0 Å². The molecule has 0 saturated heterocycles. The van der Waals surface area contributed by atoms with Gasteiger partial charge >= 0.3 is 42.1 Å². The number of benzene rings is 4. The minimum absolute atomic E-state index is 0.0944. The van der Waals surface area contributed by atoms with E-state index in [1.807, 2.05) is 54.6 Å². The number of fused-ring (bicyclic) bond motifs is 20. The van der Waals surface area contributed by atoms with Crippen LogP contribution in [0.5, 0.6) is 5.75 Å². The average molecular weight is 862 g/mol. The van der Waals surface area contributed by atoms with Crippen molar-refractivity contribution in [2.45, 2.75) is 0 Å². The molecule has 14 nitrogen and oxygen atoms in total. The molecule has 0 fully saturated rings. The molecule has 48 heavy (non-hydrogen) atoms. The highest BCUT2D eigenvalue weighted by molar-refractivity contribution is 6.08. The van der Waals surface area contributed by atoms with Gasteiger partial charge in [-0.15, -0.1) is 3.07 Å². The maximum Gasteiger partial charge on any atom is 0.603 e. The SMILES string of the molecule is [O-][I+2]([O-])Oc1cccc2c3nc4nc(nc5c6ccccc6c(nc6nc(nc([nH]3)c12)-c1ccccc1-6)n5O[I+2]([O-])[O-])-c1ccccc1-4. The number of H-pyrrole nitrogens is 1. The highest BCUT2D eigenvalue weighted by Crippen LogP contribution is 2.38. The first-order valence-electron chi connectivity index (χ1n) is 14.2. The van der Waals surface area contributed by atoms with E-state index in [2.05, 4.69) is 4.98 Å². The van der Waals surface area contributed by atoms with Gasteiger partial charge in [0, 0.05) is 38.4 Å². The van der Waals surface area contributed by atoms with Crippen LogP contribution in [0.2, 0.25) is 0 Å². The average Bonchev–Trinajstić information content (AvgIpc) is 3.79. The minimum Gasteiger partial charge on any atom is -0.385 e. The lowest BCUT2D eigenvalue weighted by molar-refractivity contribution is -1.62. The van der Waals surface area contributed by atoms with Gasteiger partial charge in [-0.05, 0) is 9.23 Å². The van der Waals surface area contributed by atoms with Crippen LogP contribution in [0.1, 0.15) is 0 Å². The van der Waals surface area contributed by atoms with Crippen molar-refractivity contribution in [2.75, 3.05) is 0 Å². The summed E-state index contributed by atoms with van der Waals surface area (Å²) in [6.45, 7) is 0. The number of aromatic nitrogens is 8. The molecule has 7 aromatic rings. The molecule has 5 heterocycles. The lowest BCUT2D eigenvalue weighted by Gasteiger charge is -1.99. The van der Waals surface area contributed by atoms with Crippen molar-refractivity contribution in [3.63, 3.8) is 0 Å². The van der Waals surface area contributed by atoms with Crippen LogP contribution in [0.3, 0.4) is 0 Å². The number of rotatable bonds is 4. The fraction of sp³-hybridized carbons (Fsp3) is 0. The van der Waals surface area contributed by atoms with Gasteiger partial charge in [-0.3, -0.25) is 0 Å². The summed E-state index contributed by atoms with van der Waals surface area (Å²) in [5.74, 6) is 1.19. The Kier molecular flexibility index (Phi) is 6.95. The summed E-state index contributed by atoms with van der Waals surface area (Å²) in [4.78, 5) is 32.3. The summed E-state index contributed by atoms with van der Waals surface area (Å²) in [7, 11) is 0. The van der Waals surface area contributed by atoms with Crippen LogP contribution in [-0.4, -0.2) is 39.6 Å². The Balaban J connectivity index is 1.52. The lowest BCUT2D eigenvalue weighted by atomic mass is 10.1. The number of halogens is 2. The molecule has 0 aliphatic carbocycles. The Hall–Kier alpha value is -4.86. The molecule has 2 aliphatic rings. The van der Waals surface area contributed by atoms with E-state index in [4.69, 9.17) is 36.1 Å². The number of nitrogens with zero attached hydrogens (tertiary/aromatic N) is 7. The second-order valence-corrected chi connectivity index (χ2v) is 13.6. The monoisotopic (exact) mass is 862 g/mol. The predicted octanol–water partition coefficient (Wildman–Crippen LogP) is -4.67. The zero-order valence-electron chi connectivity index (χ0n) is 24.0. The third-order valence-electron chi connectivity index (χ3n) is 7.92. The first-order chi connectivity index (χ1) is 23.4. The van der Waals surface area contributed by atoms with Crippen molar-refractivity contribution in [3.8, 4) is 51.3 Å². The van der Waals surface area contributed by atoms with Gasteiger partial charge in [-0.1, -0.05) is 89.7 Å². The normalized spacial score (nSPS) is 12.1. The zero-order chi connectivity index (χ0) is 32.5. The molecular weight excluding hydrogens is 846 g/mol. The summed E-state index contributed by atoms with van der Waals surface area (Å²) in [5, 5.41) is 2.08. The van der Waals surface area contributed by atoms with Crippen molar-refractivity contribution >= 4 is 44.1 Å². The predicted molar refractivity (Wildman–Crippen MR) is 157 cm³/mol. The van der Waals surface area contributed by atoms with Gasteiger partial charge in [0.1, 0.15) is 11.3 Å². The molecule has 2 aliphatic heterocycles. The van der Waals surface area contributed by atoms with E-state index in [1.54, 1.807) is 36.4 Å². The van der Waals surface area contributed by atoms with Crippen molar-refractivity contribution < 1.29 is 62.1 Å². The van der Waals surface area contributed by atoms with E-state index in [-0.39, 0.29) is 40.2 Å². The largest absolute Gasteiger partial charge is 0.603 e. The summed E-state index contributed by atoms with van der Waals surface area (Å²) in [6.07, 6.45) is 0. The van der Waals surface area contributed by atoms with Crippen LogP contribution in [0, 0.1) is 0 Å². The van der Waals surface area contributed by atoms with Crippen LogP contribution in [0.4, 0.5) is 0 Å². The fourth-order valence-corrected chi connectivity index (χ4v) is 7.43. The first-order valence-corrected chi connectivity index (χ1v) is 19.5. The van der Waals surface area contributed by atoms with Crippen LogP contribution in [0.25, 0.3) is 89.7 Å². The molecule has 0 atom stereocenters. The van der Waals surface area contributed by atoms with E-state index in [9.17, 15) is 13.7 Å². The number of nitrogens with one attached hydrogen (secondary N) is 1. The van der Waals surface area contributed by atoms with Crippen LogP contribution < -0.4 is 62.1 Å². The smallest absolute Gasteiger partial charge is 0.385 e. The molecule has 3 aromatic heterocycles. The molecule has 9 rings (SSSR count). The van der Waals surface area contributed by atoms with Gasteiger partial charge < -0.3 is 18.7 Å². The summed E-state index contributed by atoms with van der Waals surface area (Å²) in [6, 6.07) is 26.9. The van der Waals surface area contributed by atoms with E-state index >= 15 is 0 Å². The molecular formula is C32H16I2N8O6. The molecule has 4 aromatic carbocycles. The lowest BCUT2D eigenvalue weighted by Crippen LogP contribution is -4.01. The van der Waals surface area contributed by atoms with Crippen molar-refractivity contribution in [1.82, 2.24) is 39.6 Å². The van der Waals surface area contributed by atoms with Gasteiger partial charge in [0.25, 0.3) is 0 Å². The quantitative estimate of drug-likeness (QED) is 0.166. The summed E-state index contributed by atoms with van der Waals surface area (Å²) < 4.78 is 59.8. The van der Waals surface area contributed by atoms with E-state index in [0.717, 1.165) is 4.73 Å². The van der Waals surface area contributed by atoms with E-state index in [1.165, 1.54) is 0 Å². The fourth-order valence-electron chi connectivity index (χ4n) is 5.99. The highest BCUT2D eigenvalue weighted by Gasteiger charge is 2.28. The minimum atomic E-state index is -4.37. The Morgan fingerprint density at radius 3 is 1.50 bits per heavy atom. The Bertz CT molecular complexity index is 2630. The zero-order valence-corrected chi connectivity index (χ0v) is 28.3. The third kappa shape index (κ3) is 4.75. The van der Waals surface area contributed by atoms with Gasteiger partial charge in [0.2, 0.25) is 5.75 Å². The second kappa shape index (κ2) is 11.4. The first kappa shape index (κ1) is 29.3. The second-order valence-electron chi connectivity index (χ2n) is 10.6. The molecule has 8 bridgehead atoms. The Labute approximate surface area is 286 Å². The topological polar surface area (TPSA) is 209 Å². The van der Waals surface area contributed by atoms with E-state index in [0.29, 0.717) is 55.3 Å². The summed E-state index contributed by atoms with van der Waals surface area (Å²) >= 11 is -8.55. The molecule has 0 saturated carbocycles. The molecule has 1 N–H and O–H groups in total. The van der Waals surface area contributed by atoms with Crippen molar-refractivity contribution in [1.29, 1.82) is 0 Å². The highest BCUT2D eigenvalue weighted by atomic mass is 127. The molecule has 0 unspecified atom stereocenters. The number of hydrogen-bond acceptors (Lipinski definition) is 12. The Morgan fingerprint density at radius 2 is 0.979 bits per heavy atom. The van der Waals surface area contributed by atoms with Gasteiger partial charge in [-0.2, -0.15) is 0 Å². The van der Waals surface area contributed by atoms with Crippen LogP contribution in [0.15, 0.2) is 91.0 Å². The number of hydrogen-bond donors (Lipinski definition) is 1. The molecule has 0 amide bonds. The summed E-state index contributed by atoms with van der Waals surface area (Å²) in [5.41, 5.74) is 3.53. The maximum atomic E-state index is 12.2. The van der Waals surface area contributed by atoms with Crippen molar-refractivity contribution in [2.24, 2.45) is 0 Å². The van der Waals surface area contributed by atoms with Gasteiger partial charge in [0.15, 0.2) is 34.6 Å². The van der Waals surface area contributed by atoms with Crippen LogP contribution in [-0.2, 0) is 0 Å². The van der Waals surface area contributed by atoms with Gasteiger partial charge in [0.05, 0.1) is 5.39 Å². The molecule has 16 heteroatoms. The maximum absolute atomic E-state index is 12.2. The standard InChI is InChI=1S/C32H16I2N8O6/c43-33(44)47-23-15-7-14-22-24(23)30-38-26-17-9-2-4-11-19(17)28(36-26)41-32-21-13-6-5-12-20(21)31(42(32)48-34(45)46)40-27-18-10-3-1-8-16(18)25(35-27)37-29(22)39-30/h1-15H,(H,35,36,37,38,39,40,41).